The van der Waals surface area contributed by atoms with Crippen LogP contribution in [0.25, 0.3) is 0 Å². The number of rotatable bonds is 2. The number of hydrogen-bond donors (Lipinski definition) is 1. The number of nitrogens with one attached hydrogen (secondary N) is 1. The lowest BCUT2D eigenvalue weighted by atomic mass is 9.95. The molecule has 0 bridgehead atoms. The molecule has 0 radical (unpaired) electrons. The number of likely N-dealkylation sites (N-methyl/N-ethyl adjacent to an activating group) is 1. The van der Waals surface area contributed by atoms with Crippen molar-refractivity contribution < 1.29 is 0 Å². The first-order valence-electron chi connectivity index (χ1n) is 6.57. The molecule has 0 aliphatic carbocycles. The molecule has 1 saturated heterocycles. The minimum atomic E-state index is 0.579. The molecule has 1 aromatic carbocycles. The smallest absolute Gasteiger partial charge is 0.0261 e. The molecule has 1 aliphatic rings. The van der Waals surface area contributed by atoms with Gasteiger partial charge >= 0.3 is 0 Å². The van der Waals surface area contributed by atoms with Crippen LogP contribution in [0.2, 0.25) is 0 Å². The Hall–Kier alpha value is -0.860. The van der Waals surface area contributed by atoms with Gasteiger partial charge in [-0.15, -0.1) is 0 Å². The second-order valence-electron chi connectivity index (χ2n) is 5.48. The van der Waals surface area contributed by atoms with E-state index in [0.29, 0.717) is 12.1 Å². The Bertz CT molecular complexity index is 366. The van der Waals surface area contributed by atoms with E-state index in [-0.39, 0.29) is 0 Å². The third-order valence-electron chi connectivity index (χ3n) is 3.89. The quantitative estimate of drug-likeness (QED) is 0.840. The van der Waals surface area contributed by atoms with E-state index >= 15 is 0 Å². The average Bonchev–Trinajstić information content (AvgIpc) is 2.23. The van der Waals surface area contributed by atoms with Crippen molar-refractivity contribution in [3.8, 4) is 0 Å². The number of aryl methyl sites for hydroxylation is 2. The fourth-order valence-electron chi connectivity index (χ4n) is 2.79. The molecule has 2 rings (SSSR count). The van der Waals surface area contributed by atoms with Crippen LogP contribution < -0.4 is 5.32 Å². The summed E-state index contributed by atoms with van der Waals surface area (Å²) in [6, 6.07) is 8.07. The molecule has 0 saturated carbocycles. The van der Waals surface area contributed by atoms with Gasteiger partial charge in [0.15, 0.2) is 0 Å². The monoisotopic (exact) mass is 232 g/mol. The Morgan fingerprint density at radius 2 is 1.88 bits per heavy atom. The molecule has 1 N–H and O–H groups in total. The molecule has 2 heteroatoms. The third kappa shape index (κ3) is 3.08. The molecule has 2 unspecified atom stereocenters. The molecule has 1 heterocycles. The summed E-state index contributed by atoms with van der Waals surface area (Å²) in [7, 11) is 2.22. The zero-order valence-corrected chi connectivity index (χ0v) is 11.5. The average molecular weight is 232 g/mol. The largest absolute Gasteiger partial charge is 0.311 e. The Morgan fingerprint density at radius 3 is 2.53 bits per heavy atom. The third-order valence-corrected chi connectivity index (χ3v) is 3.89. The van der Waals surface area contributed by atoms with E-state index in [1.165, 1.54) is 16.7 Å². The lowest BCUT2D eigenvalue weighted by Crippen LogP contribution is -2.55. The van der Waals surface area contributed by atoms with Crippen molar-refractivity contribution >= 4 is 0 Å². The van der Waals surface area contributed by atoms with E-state index in [9.17, 15) is 0 Å². The van der Waals surface area contributed by atoms with Gasteiger partial charge in [-0.25, -0.2) is 0 Å². The van der Waals surface area contributed by atoms with E-state index in [0.717, 1.165) is 19.5 Å². The van der Waals surface area contributed by atoms with E-state index in [1.54, 1.807) is 0 Å². The maximum atomic E-state index is 3.65. The summed E-state index contributed by atoms with van der Waals surface area (Å²) < 4.78 is 0. The van der Waals surface area contributed by atoms with Crippen molar-refractivity contribution in [1.29, 1.82) is 0 Å². The fraction of sp³-hybridized carbons (Fsp3) is 0.600. The van der Waals surface area contributed by atoms with Crippen molar-refractivity contribution in [3.63, 3.8) is 0 Å². The van der Waals surface area contributed by atoms with Gasteiger partial charge in [0, 0.05) is 25.2 Å². The number of benzene rings is 1. The molecule has 17 heavy (non-hydrogen) atoms. The van der Waals surface area contributed by atoms with E-state index in [2.05, 4.69) is 56.2 Å². The van der Waals surface area contributed by atoms with Crippen molar-refractivity contribution in [2.24, 2.45) is 0 Å². The lowest BCUT2D eigenvalue weighted by Gasteiger charge is -2.38. The highest BCUT2D eigenvalue weighted by molar-refractivity contribution is 5.29. The predicted molar refractivity (Wildman–Crippen MR) is 73.5 cm³/mol. The molecule has 0 aromatic heterocycles. The van der Waals surface area contributed by atoms with Gasteiger partial charge in [0.25, 0.3) is 0 Å². The topological polar surface area (TPSA) is 15.3 Å². The molecule has 2 nitrogen and oxygen atoms in total. The second-order valence-corrected chi connectivity index (χ2v) is 5.48. The van der Waals surface area contributed by atoms with Crippen LogP contribution in [0.5, 0.6) is 0 Å². The van der Waals surface area contributed by atoms with Crippen LogP contribution in [0.4, 0.5) is 0 Å². The first kappa shape index (κ1) is 12.6. The van der Waals surface area contributed by atoms with Gasteiger partial charge in [-0.05, 0) is 39.8 Å². The molecule has 1 fully saturated rings. The van der Waals surface area contributed by atoms with E-state index in [4.69, 9.17) is 0 Å². The summed E-state index contributed by atoms with van der Waals surface area (Å²) in [5.41, 5.74) is 4.20. The van der Waals surface area contributed by atoms with Crippen molar-refractivity contribution in [2.75, 3.05) is 20.1 Å². The Morgan fingerprint density at radius 1 is 1.24 bits per heavy atom. The predicted octanol–water partition coefficient (Wildman–Crippen LogP) is 2.14. The molecule has 1 aliphatic heterocycles. The van der Waals surface area contributed by atoms with Gasteiger partial charge in [-0.2, -0.15) is 0 Å². The normalized spacial score (nSPS) is 26.1. The van der Waals surface area contributed by atoms with Crippen LogP contribution in [-0.2, 0) is 6.42 Å². The van der Waals surface area contributed by atoms with E-state index < -0.39 is 0 Å². The summed E-state index contributed by atoms with van der Waals surface area (Å²) in [5, 5.41) is 3.65. The van der Waals surface area contributed by atoms with Gasteiger partial charge in [0.2, 0.25) is 0 Å². The highest BCUT2D eigenvalue weighted by atomic mass is 15.2. The minimum absolute atomic E-state index is 0.579. The summed E-state index contributed by atoms with van der Waals surface area (Å²) >= 11 is 0. The summed E-state index contributed by atoms with van der Waals surface area (Å²) in [6.45, 7) is 8.95. The highest BCUT2D eigenvalue weighted by Gasteiger charge is 2.24. The SMILES string of the molecule is Cc1cc(C)cc(CC2NCCN(C)C2C)c1. The molecule has 0 spiro atoms. The van der Waals surface area contributed by atoms with Gasteiger partial charge < -0.3 is 10.2 Å². The second kappa shape index (κ2) is 5.19. The van der Waals surface area contributed by atoms with Crippen molar-refractivity contribution in [2.45, 2.75) is 39.3 Å². The molecular formula is C15H24N2. The van der Waals surface area contributed by atoms with Gasteiger partial charge in [-0.1, -0.05) is 29.3 Å². The first-order valence-corrected chi connectivity index (χ1v) is 6.57. The maximum absolute atomic E-state index is 3.65. The number of nitrogens with zero attached hydrogens (tertiary/aromatic N) is 1. The summed E-state index contributed by atoms with van der Waals surface area (Å²) in [6.07, 6.45) is 1.13. The van der Waals surface area contributed by atoms with E-state index in [1.807, 2.05) is 0 Å². The van der Waals surface area contributed by atoms with Crippen molar-refractivity contribution in [1.82, 2.24) is 10.2 Å². The van der Waals surface area contributed by atoms with Crippen LogP contribution in [0.15, 0.2) is 18.2 Å². The lowest BCUT2D eigenvalue weighted by molar-refractivity contribution is 0.163. The van der Waals surface area contributed by atoms with Gasteiger partial charge in [0.1, 0.15) is 0 Å². The zero-order chi connectivity index (χ0) is 12.4. The molecule has 94 valence electrons. The molecule has 0 amide bonds. The Balaban J connectivity index is 2.09. The molecule has 2 atom stereocenters. The first-order chi connectivity index (χ1) is 8.06. The fourth-order valence-corrected chi connectivity index (χ4v) is 2.79. The Kier molecular flexibility index (Phi) is 3.85. The summed E-state index contributed by atoms with van der Waals surface area (Å²) in [4.78, 5) is 2.45. The van der Waals surface area contributed by atoms with Gasteiger partial charge in [-0.3, -0.25) is 0 Å². The van der Waals surface area contributed by atoms with Gasteiger partial charge in [0.05, 0.1) is 0 Å². The standard InChI is InChI=1S/C15H24N2/c1-11-7-12(2)9-14(8-11)10-15-13(3)17(4)6-5-16-15/h7-9,13,15-16H,5-6,10H2,1-4H3. The zero-order valence-electron chi connectivity index (χ0n) is 11.5. The maximum Gasteiger partial charge on any atom is 0.0261 e. The number of piperazine rings is 1. The van der Waals surface area contributed by atoms with Crippen LogP contribution in [0.3, 0.4) is 0 Å². The Labute approximate surface area is 105 Å². The van der Waals surface area contributed by atoms with Crippen LogP contribution >= 0.6 is 0 Å². The van der Waals surface area contributed by atoms with Crippen LogP contribution in [0, 0.1) is 13.8 Å². The highest BCUT2D eigenvalue weighted by Crippen LogP contribution is 2.15. The molecular weight excluding hydrogens is 208 g/mol. The minimum Gasteiger partial charge on any atom is -0.311 e. The van der Waals surface area contributed by atoms with Crippen LogP contribution in [-0.4, -0.2) is 37.1 Å². The number of hydrogen-bond acceptors (Lipinski definition) is 2. The summed E-state index contributed by atoms with van der Waals surface area (Å²) in [5.74, 6) is 0. The van der Waals surface area contributed by atoms with Crippen molar-refractivity contribution in [3.05, 3.63) is 34.9 Å². The molecule has 1 aromatic rings. The van der Waals surface area contributed by atoms with Crippen LogP contribution in [0.1, 0.15) is 23.6 Å².